The Morgan fingerprint density at radius 2 is 1.81 bits per heavy atom. The van der Waals surface area contributed by atoms with Gasteiger partial charge in [-0.05, 0) is 42.8 Å². The average Bonchev–Trinajstić information content (AvgIpc) is 2.29. The van der Waals surface area contributed by atoms with E-state index in [1.807, 2.05) is 0 Å². The van der Waals surface area contributed by atoms with Crippen molar-refractivity contribution >= 4 is 23.0 Å². The van der Waals surface area contributed by atoms with Gasteiger partial charge in [0, 0.05) is 12.2 Å². The van der Waals surface area contributed by atoms with Gasteiger partial charge in [0.2, 0.25) is 0 Å². The molecule has 0 aromatic heterocycles. The lowest BCUT2D eigenvalue weighted by Gasteiger charge is -2.10. The topological polar surface area (TPSA) is 24.1 Å². The third-order valence-corrected chi connectivity index (χ3v) is 2.53. The van der Waals surface area contributed by atoms with Gasteiger partial charge < -0.3 is 10.6 Å². The van der Waals surface area contributed by atoms with Gasteiger partial charge >= 0.3 is 0 Å². The minimum Gasteiger partial charge on any atom is -0.362 e. The highest BCUT2D eigenvalue weighted by Gasteiger charge is 1.96. The lowest BCUT2D eigenvalue weighted by molar-refractivity contribution is 0.846. The van der Waals surface area contributed by atoms with E-state index in [9.17, 15) is 0 Å². The molecule has 1 rings (SSSR count). The lowest BCUT2D eigenvalue weighted by atomic mass is 10.1. The quantitative estimate of drug-likeness (QED) is 0.767. The molecule has 16 heavy (non-hydrogen) atoms. The molecule has 0 aliphatic heterocycles. The van der Waals surface area contributed by atoms with Gasteiger partial charge in [0.05, 0.1) is 0 Å². The van der Waals surface area contributed by atoms with Crippen molar-refractivity contribution < 1.29 is 0 Å². The van der Waals surface area contributed by atoms with Gasteiger partial charge in [-0.1, -0.05) is 32.4 Å². The first kappa shape index (κ1) is 13.0. The summed E-state index contributed by atoms with van der Waals surface area (Å²) in [4.78, 5) is 0. The fraction of sp³-hybridized carbons (Fsp3) is 0.462. The highest BCUT2D eigenvalue weighted by atomic mass is 32.1. The first-order chi connectivity index (χ1) is 7.76. The second kappa shape index (κ2) is 7.23. The molecule has 0 aliphatic carbocycles. The molecular weight excluding hydrogens is 216 g/mol. The summed E-state index contributed by atoms with van der Waals surface area (Å²) in [7, 11) is 0. The van der Waals surface area contributed by atoms with Gasteiger partial charge in [-0.15, -0.1) is 0 Å². The molecular formula is C13H20N2S. The number of benzene rings is 1. The molecule has 3 heteroatoms. The molecule has 1 aromatic carbocycles. The van der Waals surface area contributed by atoms with Gasteiger partial charge in [-0.3, -0.25) is 0 Å². The normalized spacial score (nSPS) is 9.88. The first-order valence-electron chi connectivity index (χ1n) is 5.90. The lowest BCUT2D eigenvalue weighted by Crippen LogP contribution is -2.28. The third kappa shape index (κ3) is 4.62. The molecule has 0 bridgehead atoms. The molecule has 0 radical (unpaired) electrons. The fourth-order valence-electron chi connectivity index (χ4n) is 1.46. The van der Waals surface area contributed by atoms with Crippen LogP contribution in [0.3, 0.4) is 0 Å². The summed E-state index contributed by atoms with van der Waals surface area (Å²) >= 11 is 5.16. The van der Waals surface area contributed by atoms with Crippen LogP contribution in [0.2, 0.25) is 0 Å². The van der Waals surface area contributed by atoms with Crippen LogP contribution in [0, 0.1) is 0 Å². The van der Waals surface area contributed by atoms with Crippen molar-refractivity contribution in [2.75, 3.05) is 11.9 Å². The van der Waals surface area contributed by atoms with Gasteiger partial charge in [-0.2, -0.15) is 0 Å². The summed E-state index contributed by atoms with van der Waals surface area (Å²) in [6, 6.07) is 8.44. The monoisotopic (exact) mass is 236 g/mol. The van der Waals surface area contributed by atoms with Crippen molar-refractivity contribution in [1.82, 2.24) is 5.32 Å². The maximum Gasteiger partial charge on any atom is 0.170 e. The van der Waals surface area contributed by atoms with E-state index in [0.29, 0.717) is 5.11 Å². The highest BCUT2D eigenvalue weighted by Crippen LogP contribution is 2.10. The van der Waals surface area contributed by atoms with Crippen LogP contribution >= 0.6 is 12.2 Å². The zero-order chi connectivity index (χ0) is 11.8. The van der Waals surface area contributed by atoms with Gasteiger partial charge in [0.1, 0.15) is 0 Å². The van der Waals surface area contributed by atoms with Crippen LogP contribution in [0.4, 0.5) is 5.69 Å². The van der Waals surface area contributed by atoms with E-state index < -0.39 is 0 Å². The molecule has 1 aromatic rings. The summed E-state index contributed by atoms with van der Waals surface area (Å²) in [6.07, 6.45) is 3.40. The van der Waals surface area contributed by atoms with Crippen LogP contribution in [0.15, 0.2) is 24.3 Å². The first-order valence-corrected chi connectivity index (χ1v) is 6.31. The number of hydrogen-bond acceptors (Lipinski definition) is 1. The smallest absolute Gasteiger partial charge is 0.170 e. The number of hydrogen-bond donors (Lipinski definition) is 2. The second-order valence-electron chi connectivity index (χ2n) is 3.83. The van der Waals surface area contributed by atoms with Crippen molar-refractivity contribution in [2.45, 2.75) is 33.1 Å². The van der Waals surface area contributed by atoms with Crippen LogP contribution in [-0.2, 0) is 6.42 Å². The van der Waals surface area contributed by atoms with Crippen LogP contribution in [0.25, 0.3) is 0 Å². The number of thiocarbonyl (C=S) groups is 1. The molecule has 2 nitrogen and oxygen atoms in total. The van der Waals surface area contributed by atoms with Crippen LogP contribution < -0.4 is 10.6 Å². The highest BCUT2D eigenvalue weighted by molar-refractivity contribution is 7.80. The van der Waals surface area contributed by atoms with E-state index in [2.05, 4.69) is 48.7 Å². The Morgan fingerprint density at radius 3 is 2.38 bits per heavy atom. The molecule has 2 N–H and O–H groups in total. The van der Waals surface area contributed by atoms with Crippen molar-refractivity contribution in [2.24, 2.45) is 0 Å². The maximum absolute atomic E-state index is 5.16. The second-order valence-corrected chi connectivity index (χ2v) is 4.24. The summed E-state index contributed by atoms with van der Waals surface area (Å²) in [5.74, 6) is 0. The Morgan fingerprint density at radius 1 is 1.12 bits per heavy atom. The van der Waals surface area contributed by atoms with Crippen molar-refractivity contribution in [1.29, 1.82) is 0 Å². The molecule has 0 fully saturated rings. The molecule has 88 valence electrons. The van der Waals surface area contributed by atoms with E-state index in [1.54, 1.807) is 0 Å². The molecule has 0 unspecified atom stereocenters. The minimum atomic E-state index is 0.699. The molecule has 0 aliphatic rings. The molecule has 0 saturated carbocycles. The predicted octanol–water partition coefficient (Wildman–Crippen LogP) is 3.34. The Bertz CT molecular complexity index is 319. The molecule has 0 atom stereocenters. The molecule has 0 amide bonds. The summed E-state index contributed by atoms with van der Waals surface area (Å²) in [5, 5.41) is 7.01. The summed E-state index contributed by atoms with van der Waals surface area (Å²) in [5.41, 5.74) is 2.42. The summed E-state index contributed by atoms with van der Waals surface area (Å²) < 4.78 is 0. The Hall–Kier alpha value is -1.09. The number of aryl methyl sites for hydroxylation is 1. The number of anilines is 1. The van der Waals surface area contributed by atoms with Crippen LogP contribution in [-0.4, -0.2) is 11.7 Å². The SMILES string of the molecule is CCCNC(=S)Nc1ccc(CCC)cc1. The van der Waals surface area contributed by atoms with Gasteiger partial charge in [0.25, 0.3) is 0 Å². The van der Waals surface area contributed by atoms with Crippen molar-refractivity contribution in [3.05, 3.63) is 29.8 Å². The Kier molecular flexibility index (Phi) is 5.86. The number of nitrogens with one attached hydrogen (secondary N) is 2. The van der Waals surface area contributed by atoms with Crippen molar-refractivity contribution in [3.63, 3.8) is 0 Å². The number of rotatable bonds is 5. The zero-order valence-electron chi connectivity index (χ0n) is 10.0. The summed E-state index contributed by atoms with van der Waals surface area (Å²) in [6.45, 7) is 5.23. The zero-order valence-corrected chi connectivity index (χ0v) is 10.9. The van der Waals surface area contributed by atoms with Crippen LogP contribution in [0.5, 0.6) is 0 Å². The predicted molar refractivity (Wildman–Crippen MR) is 75.0 cm³/mol. The molecule has 0 saturated heterocycles. The Labute approximate surface area is 103 Å². The molecule has 0 spiro atoms. The minimum absolute atomic E-state index is 0.699. The van der Waals surface area contributed by atoms with Gasteiger partial charge in [-0.25, -0.2) is 0 Å². The standard InChI is InChI=1S/C13H20N2S/c1-3-5-11-6-8-12(9-7-11)15-13(16)14-10-4-2/h6-9H,3-5,10H2,1-2H3,(H2,14,15,16). The van der Waals surface area contributed by atoms with Gasteiger partial charge in [0.15, 0.2) is 5.11 Å². The fourth-order valence-corrected chi connectivity index (χ4v) is 1.68. The largest absolute Gasteiger partial charge is 0.362 e. The van der Waals surface area contributed by atoms with E-state index in [0.717, 1.165) is 25.1 Å². The van der Waals surface area contributed by atoms with E-state index in [-0.39, 0.29) is 0 Å². The molecule has 0 heterocycles. The van der Waals surface area contributed by atoms with E-state index >= 15 is 0 Å². The average molecular weight is 236 g/mol. The van der Waals surface area contributed by atoms with E-state index in [4.69, 9.17) is 12.2 Å². The van der Waals surface area contributed by atoms with Crippen molar-refractivity contribution in [3.8, 4) is 0 Å². The Balaban J connectivity index is 2.45. The third-order valence-electron chi connectivity index (χ3n) is 2.29. The van der Waals surface area contributed by atoms with E-state index in [1.165, 1.54) is 12.0 Å². The van der Waals surface area contributed by atoms with Crippen LogP contribution in [0.1, 0.15) is 32.3 Å². The maximum atomic E-state index is 5.16.